The molecule has 2 aromatic rings. The zero-order valence-corrected chi connectivity index (χ0v) is 16.5. The standard InChI is InChI=1S/C20H26N2O3S/c1-15-7-5-6-8-18(15)21-19(23)14-11-16-9-12-17(13-10-16)26(24,25)22-20(2,3)4/h5-10,12-13,22H,11,14H2,1-4H3,(H,21,23). The Morgan fingerprint density at radius 2 is 1.62 bits per heavy atom. The van der Waals surface area contributed by atoms with Crippen molar-refractivity contribution >= 4 is 21.6 Å². The van der Waals surface area contributed by atoms with Crippen LogP contribution in [0.4, 0.5) is 5.69 Å². The lowest BCUT2D eigenvalue weighted by atomic mass is 10.1. The highest BCUT2D eigenvalue weighted by Gasteiger charge is 2.21. The van der Waals surface area contributed by atoms with E-state index in [0.29, 0.717) is 12.8 Å². The predicted molar refractivity (Wildman–Crippen MR) is 105 cm³/mol. The van der Waals surface area contributed by atoms with Gasteiger partial charge in [0.25, 0.3) is 0 Å². The van der Waals surface area contributed by atoms with Crippen LogP contribution in [-0.2, 0) is 21.2 Å². The Hall–Kier alpha value is -2.18. The summed E-state index contributed by atoms with van der Waals surface area (Å²) in [5, 5.41) is 2.90. The highest BCUT2D eigenvalue weighted by atomic mass is 32.2. The van der Waals surface area contributed by atoms with E-state index < -0.39 is 15.6 Å². The molecule has 0 radical (unpaired) electrons. The largest absolute Gasteiger partial charge is 0.326 e. The lowest BCUT2D eigenvalue weighted by Gasteiger charge is -2.20. The maximum atomic E-state index is 12.3. The van der Waals surface area contributed by atoms with E-state index in [4.69, 9.17) is 0 Å². The molecule has 1 amide bonds. The molecule has 0 spiro atoms. The molecule has 0 saturated heterocycles. The molecule has 0 aromatic heterocycles. The third-order valence-electron chi connectivity index (χ3n) is 3.73. The van der Waals surface area contributed by atoms with Gasteiger partial charge < -0.3 is 5.32 Å². The second-order valence-electron chi connectivity index (χ2n) is 7.36. The fraction of sp³-hybridized carbons (Fsp3) is 0.350. The second kappa shape index (κ2) is 8.01. The van der Waals surface area contributed by atoms with Crippen LogP contribution >= 0.6 is 0 Å². The van der Waals surface area contributed by atoms with E-state index in [1.165, 1.54) is 0 Å². The number of carbonyl (C=O) groups is 1. The molecule has 0 atom stereocenters. The van der Waals surface area contributed by atoms with Gasteiger partial charge in [-0.05, 0) is 63.4 Å². The van der Waals surface area contributed by atoms with Gasteiger partial charge in [-0.25, -0.2) is 13.1 Å². The van der Waals surface area contributed by atoms with E-state index in [9.17, 15) is 13.2 Å². The van der Waals surface area contributed by atoms with E-state index in [-0.39, 0.29) is 10.8 Å². The molecule has 0 fully saturated rings. The van der Waals surface area contributed by atoms with E-state index in [1.54, 1.807) is 45.0 Å². The van der Waals surface area contributed by atoms with Crippen molar-refractivity contribution in [3.63, 3.8) is 0 Å². The summed E-state index contributed by atoms with van der Waals surface area (Å²) in [5.41, 5.74) is 2.21. The Labute approximate surface area is 155 Å². The van der Waals surface area contributed by atoms with Crippen molar-refractivity contribution in [3.05, 3.63) is 59.7 Å². The molecule has 140 valence electrons. The first-order valence-electron chi connectivity index (χ1n) is 8.55. The molecule has 2 aromatic carbocycles. The van der Waals surface area contributed by atoms with Crippen molar-refractivity contribution in [2.45, 2.75) is 51.0 Å². The van der Waals surface area contributed by atoms with Gasteiger partial charge in [0.2, 0.25) is 15.9 Å². The number of benzene rings is 2. The molecule has 0 saturated carbocycles. The van der Waals surface area contributed by atoms with Gasteiger partial charge in [-0.3, -0.25) is 4.79 Å². The molecular weight excluding hydrogens is 348 g/mol. The van der Waals surface area contributed by atoms with Crippen LogP contribution in [0.25, 0.3) is 0 Å². The summed E-state index contributed by atoms with van der Waals surface area (Å²) in [7, 11) is -3.54. The summed E-state index contributed by atoms with van der Waals surface area (Å²) < 4.78 is 27.2. The Morgan fingerprint density at radius 1 is 1.00 bits per heavy atom. The average Bonchev–Trinajstić information content (AvgIpc) is 2.53. The molecule has 0 aliphatic carbocycles. The van der Waals surface area contributed by atoms with Crippen LogP contribution in [0.15, 0.2) is 53.4 Å². The summed E-state index contributed by atoms with van der Waals surface area (Å²) in [4.78, 5) is 12.3. The van der Waals surface area contributed by atoms with Crippen LogP contribution in [0.3, 0.4) is 0 Å². The third kappa shape index (κ3) is 5.97. The minimum atomic E-state index is -3.54. The monoisotopic (exact) mass is 374 g/mol. The van der Waals surface area contributed by atoms with Crippen molar-refractivity contribution in [1.82, 2.24) is 4.72 Å². The number of carbonyl (C=O) groups excluding carboxylic acids is 1. The number of sulfonamides is 1. The normalized spacial score (nSPS) is 12.0. The van der Waals surface area contributed by atoms with Crippen LogP contribution in [0.2, 0.25) is 0 Å². The summed E-state index contributed by atoms with van der Waals surface area (Å²) in [5.74, 6) is -0.0644. The molecule has 0 unspecified atom stereocenters. The highest BCUT2D eigenvalue weighted by Crippen LogP contribution is 2.16. The quantitative estimate of drug-likeness (QED) is 0.810. The van der Waals surface area contributed by atoms with E-state index >= 15 is 0 Å². The summed E-state index contributed by atoms with van der Waals surface area (Å²) in [6.07, 6.45) is 0.880. The molecule has 2 N–H and O–H groups in total. The van der Waals surface area contributed by atoms with Gasteiger partial charge in [0.05, 0.1) is 4.90 Å². The van der Waals surface area contributed by atoms with Crippen molar-refractivity contribution in [2.24, 2.45) is 0 Å². The zero-order valence-electron chi connectivity index (χ0n) is 15.7. The topological polar surface area (TPSA) is 75.3 Å². The SMILES string of the molecule is Cc1ccccc1NC(=O)CCc1ccc(S(=O)(=O)NC(C)(C)C)cc1. The van der Waals surface area contributed by atoms with Gasteiger partial charge in [-0.15, -0.1) is 0 Å². The minimum absolute atomic E-state index is 0.0644. The highest BCUT2D eigenvalue weighted by molar-refractivity contribution is 7.89. The lowest BCUT2D eigenvalue weighted by molar-refractivity contribution is -0.116. The van der Waals surface area contributed by atoms with Crippen LogP contribution in [0.5, 0.6) is 0 Å². The molecule has 2 rings (SSSR count). The second-order valence-corrected chi connectivity index (χ2v) is 9.04. The number of nitrogens with one attached hydrogen (secondary N) is 2. The smallest absolute Gasteiger partial charge is 0.241 e. The van der Waals surface area contributed by atoms with Crippen molar-refractivity contribution in [2.75, 3.05) is 5.32 Å². The third-order valence-corrected chi connectivity index (χ3v) is 5.51. The Bertz CT molecular complexity index is 867. The van der Waals surface area contributed by atoms with Crippen molar-refractivity contribution in [3.8, 4) is 0 Å². The summed E-state index contributed by atoms with van der Waals surface area (Å²) in [6, 6.07) is 14.3. The van der Waals surface area contributed by atoms with Crippen LogP contribution in [-0.4, -0.2) is 19.9 Å². The number of amides is 1. The lowest BCUT2D eigenvalue weighted by Crippen LogP contribution is -2.40. The van der Waals surface area contributed by atoms with Gasteiger partial charge in [0.15, 0.2) is 0 Å². The predicted octanol–water partition coefficient (Wildman–Crippen LogP) is 3.64. The molecule has 6 heteroatoms. The fourth-order valence-electron chi connectivity index (χ4n) is 2.48. The fourth-order valence-corrected chi connectivity index (χ4v) is 3.90. The Morgan fingerprint density at radius 3 is 2.19 bits per heavy atom. The van der Waals surface area contributed by atoms with E-state index in [0.717, 1.165) is 16.8 Å². The molecule has 0 aliphatic rings. The van der Waals surface area contributed by atoms with Crippen LogP contribution < -0.4 is 10.0 Å². The van der Waals surface area contributed by atoms with Gasteiger partial charge >= 0.3 is 0 Å². The maximum Gasteiger partial charge on any atom is 0.241 e. The molecule has 0 bridgehead atoms. The van der Waals surface area contributed by atoms with Crippen LogP contribution in [0.1, 0.15) is 38.3 Å². The van der Waals surface area contributed by atoms with Gasteiger partial charge in [-0.2, -0.15) is 0 Å². The minimum Gasteiger partial charge on any atom is -0.326 e. The number of hydrogen-bond acceptors (Lipinski definition) is 3. The number of aryl methyl sites for hydroxylation is 2. The first-order chi connectivity index (χ1) is 12.1. The van der Waals surface area contributed by atoms with Crippen LogP contribution in [0, 0.1) is 6.92 Å². The number of hydrogen-bond donors (Lipinski definition) is 2. The van der Waals surface area contributed by atoms with Gasteiger partial charge in [0, 0.05) is 17.6 Å². The molecule has 0 aliphatic heterocycles. The molecule has 0 heterocycles. The first kappa shape index (κ1) is 20.1. The number of para-hydroxylation sites is 1. The molecule has 26 heavy (non-hydrogen) atoms. The molecule has 5 nitrogen and oxygen atoms in total. The zero-order chi connectivity index (χ0) is 19.4. The Kier molecular flexibility index (Phi) is 6.21. The Balaban J connectivity index is 1.95. The average molecular weight is 375 g/mol. The van der Waals surface area contributed by atoms with Crippen molar-refractivity contribution < 1.29 is 13.2 Å². The number of anilines is 1. The maximum absolute atomic E-state index is 12.3. The van der Waals surface area contributed by atoms with E-state index in [1.807, 2.05) is 31.2 Å². The summed E-state index contributed by atoms with van der Waals surface area (Å²) >= 11 is 0. The van der Waals surface area contributed by atoms with Gasteiger partial charge in [0.1, 0.15) is 0 Å². The van der Waals surface area contributed by atoms with E-state index in [2.05, 4.69) is 10.0 Å². The summed E-state index contributed by atoms with van der Waals surface area (Å²) in [6.45, 7) is 7.34. The van der Waals surface area contributed by atoms with Crippen molar-refractivity contribution in [1.29, 1.82) is 0 Å². The first-order valence-corrected chi connectivity index (χ1v) is 10.0. The molecular formula is C20H26N2O3S. The number of rotatable bonds is 6. The van der Waals surface area contributed by atoms with Gasteiger partial charge in [-0.1, -0.05) is 30.3 Å².